The summed E-state index contributed by atoms with van der Waals surface area (Å²) in [7, 11) is 1.68. The van der Waals surface area contributed by atoms with Gasteiger partial charge in [0.25, 0.3) is 0 Å². The van der Waals surface area contributed by atoms with Crippen molar-refractivity contribution in [2.45, 2.75) is 6.54 Å². The lowest BCUT2D eigenvalue weighted by atomic mass is 10.3. The summed E-state index contributed by atoms with van der Waals surface area (Å²) < 4.78 is 6.75. The zero-order valence-electron chi connectivity index (χ0n) is 10.9. The highest BCUT2D eigenvalue weighted by molar-refractivity contribution is 9.11. The standard InChI is InChI=1S/C13H14Br2N4O/c1-20-5-4-16-8-10-2-3-17-13(19-10)12-11(15)6-9(14)7-18-12/h2-3,6-7,16H,4-5,8H2,1H3. The van der Waals surface area contributed by atoms with E-state index in [0.29, 0.717) is 19.0 Å². The molecule has 1 N–H and O–H groups in total. The summed E-state index contributed by atoms with van der Waals surface area (Å²) in [4.78, 5) is 13.1. The molecule has 2 aromatic rings. The molecular weight excluding hydrogens is 388 g/mol. The molecular formula is C13H14Br2N4O. The lowest BCUT2D eigenvalue weighted by Gasteiger charge is -2.06. The number of hydrogen-bond acceptors (Lipinski definition) is 5. The Bertz CT molecular complexity index is 580. The molecule has 0 atom stereocenters. The third-order valence-electron chi connectivity index (χ3n) is 2.52. The van der Waals surface area contributed by atoms with Crippen molar-refractivity contribution < 1.29 is 4.74 Å². The summed E-state index contributed by atoms with van der Waals surface area (Å²) in [6.07, 6.45) is 3.47. The van der Waals surface area contributed by atoms with E-state index in [1.54, 1.807) is 19.5 Å². The monoisotopic (exact) mass is 400 g/mol. The average Bonchev–Trinajstić information content (AvgIpc) is 2.44. The maximum atomic E-state index is 4.98. The van der Waals surface area contributed by atoms with Crippen molar-refractivity contribution in [3.63, 3.8) is 0 Å². The van der Waals surface area contributed by atoms with Crippen LogP contribution in [0.4, 0.5) is 0 Å². The largest absolute Gasteiger partial charge is 0.383 e. The quantitative estimate of drug-likeness (QED) is 0.754. The van der Waals surface area contributed by atoms with Crippen molar-refractivity contribution in [3.05, 3.63) is 39.2 Å². The first kappa shape index (κ1) is 15.5. The van der Waals surface area contributed by atoms with E-state index in [9.17, 15) is 0 Å². The molecule has 0 fully saturated rings. The first-order valence-corrected chi connectivity index (χ1v) is 7.62. The molecule has 0 bridgehead atoms. The molecule has 0 amide bonds. The van der Waals surface area contributed by atoms with Crippen LogP contribution in [0.3, 0.4) is 0 Å². The van der Waals surface area contributed by atoms with E-state index >= 15 is 0 Å². The number of rotatable bonds is 6. The van der Waals surface area contributed by atoms with Gasteiger partial charge in [-0.15, -0.1) is 0 Å². The first-order valence-electron chi connectivity index (χ1n) is 6.03. The van der Waals surface area contributed by atoms with Gasteiger partial charge >= 0.3 is 0 Å². The highest BCUT2D eigenvalue weighted by Crippen LogP contribution is 2.25. The van der Waals surface area contributed by atoms with Crippen molar-refractivity contribution >= 4 is 31.9 Å². The zero-order chi connectivity index (χ0) is 14.4. The van der Waals surface area contributed by atoms with E-state index in [1.165, 1.54) is 0 Å². The number of methoxy groups -OCH3 is 1. The van der Waals surface area contributed by atoms with Crippen LogP contribution in [0.15, 0.2) is 33.5 Å². The van der Waals surface area contributed by atoms with Gasteiger partial charge in [-0.1, -0.05) is 0 Å². The fourth-order valence-electron chi connectivity index (χ4n) is 1.58. The van der Waals surface area contributed by atoms with Gasteiger partial charge in [-0.05, 0) is 44.0 Å². The van der Waals surface area contributed by atoms with Crippen LogP contribution in [0.2, 0.25) is 0 Å². The number of pyridine rings is 1. The maximum absolute atomic E-state index is 4.98. The van der Waals surface area contributed by atoms with Crippen molar-refractivity contribution in [1.82, 2.24) is 20.3 Å². The summed E-state index contributed by atoms with van der Waals surface area (Å²) in [6.45, 7) is 2.14. The van der Waals surface area contributed by atoms with E-state index < -0.39 is 0 Å². The maximum Gasteiger partial charge on any atom is 0.179 e. The van der Waals surface area contributed by atoms with Crippen LogP contribution in [0.1, 0.15) is 5.69 Å². The fourth-order valence-corrected chi connectivity index (χ4v) is 2.74. The molecule has 0 aliphatic heterocycles. The van der Waals surface area contributed by atoms with Crippen molar-refractivity contribution in [1.29, 1.82) is 0 Å². The van der Waals surface area contributed by atoms with Crippen LogP contribution in [0, 0.1) is 0 Å². The molecule has 0 radical (unpaired) electrons. The van der Waals surface area contributed by atoms with E-state index in [1.807, 2.05) is 12.1 Å². The molecule has 0 aliphatic carbocycles. The summed E-state index contributed by atoms with van der Waals surface area (Å²) >= 11 is 6.85. The van der Waals surface area contributed by atoms with E-state index in [2.05, 4.69) is 52.1 Å². The minimum atomic E-state index is 0.607. The topological polar surface area (TPSA) is 59.9 Å². The number of halogens is 2. The molecule has 0 saturated heterocycles. The molecule has 106 valence electrons. The number of hydrogen-bond donors (Lipinski definition) is 1. The Morgan fingerprint density at radius 2 is 2.15 bits per heavy atom. The second-order valence-corrected chi connectivity index (χ2v) is 5.80. The Hall–Kier alpha value is -0.890. The van der Waals surface area contributed by atoms with Gasteiger partial charge in [-0.25, -0.2) is 9.97 Å². The number of ether oxygens (including phenoxy) is 1. The highest BCUT2D eigenvalue weighted by Gasteiger charge is 2.09. The summed E-state index contributed by atoms with van der Waals surface area (Å²) in [5.41, 5.74) is 1.65. The summed E-state index contributed by atoms with van der Waals surface area (Å²) in [6, 6.07) is 3.81. The lowest BCUT2D eigenvalue weighted by Crippen LogP contribution is -2.19. The molecule has 0 unspecified atom stereocenters. The molecule has 0 aromatic carbocycles. The molecule has 20 heavy (non-hydrogen) atoms. The van der Waals surface area contributed by atoms with Crippen LogP contribution in [0.5, 0.6) is 0 Å². The first-order chi connectivity index (χ1) is 9.70. The van der Waals surface area contributed by atoms with E-state index in [0.717, 1.165) is 26.9 Å². The van der Waals surface area contributed by atoms with Crippen molar-refractivity contribution in [2.24, 2.45) is 0 Å². The number of nitrogens with zero attached hydrogens (tertiary/aromatic N) is 3. The van der Waals surface area contributed by atoms with Crippen LogP contribution in [0.25, 0.3) is 11.5 Å². The lowest BCUT2D eigenvalue weighted by molar-refractivity contribution is 0.199. The van der Waals surface area contributed by atoms with Gasteiger partial charge in [0.05, 0.1) is 12.3 Å². The van der Waals surface area contributed by atoms with Gasteiger partial charge in [-0.2, -0.15) is 0 Å². The third-order valence-corrected chi connectivity index (χ3v) is 3.56. The molecule has 5 nitrogen and oxygen atoms in total. The summed E-state index contributed by atoms with van der Waals surface area (Å²) in [5.74, 6) is 0.607. The molecule has 0 spiro atoms. The third kappa shape index (κ3) is 4.31. The Labute approximate surface area is 134 Å². The Balaban J connectivity index is 2.12. The van der Waals surface area contributed by atoms with E-state index in [4.69, 9.17) is 4.74 Å². The second-order valence-electron chi connectivity index (χ2n) is 4.03. The molecule has 0 aliphatic rings. The van der Waals surface area contributed by atoms with Gasteiger partial charge in [0.15, 0.2) is 5.82 Å². The fraction of sp³-hybridized carbons (Fsp3) is 0.308. The summed E-state index contributed by atoms with van der Waals surface area (Å²) in [5, 5.41) is 3.25. The van der Waals surface area contributed by atoms with Crippen molar-refractivity contribution in [2.75, 3.05) is 20.3 Å². The van der Waals surface area contributed by atoms with Crippen LogP contribution >= 0.6 is 31.9 Å². The number of aromatic nitrogens is 3. The van der Waals surface area contributed by atoms with Gasteiger partial charge in [-0.3, -0.25) is 4.98 Å². The van der Waals surface area contributed by atoms with Gasteiger partial charge in [0.1, 0.15) is 5.69 Å². The highest BCUT2D eigenvalue weighted by atomic mass is 79.9. The SMILES string of the molecule is COCCNCc1ccnc(-c2ncc(Br)cc2Br)n1. The Morgan fingerprint density at radius 1 is 1.30 bits per heavy atom. The molecule has 2 heterocycles. The van der Waals surface area contributed by atoms with Gasteiger partial charge < -0.3 is 10.1 Å². The van der Waals surface area contributed by atoms with E-state index in [-0.39, 0.29) is 0 Å². The number of nitrogens with one attached hydrogen (secondary N) is 1. The second kappa shape index (κ2) is 7.78. The molecule has 7 heteroatoms. The average molecular weight is 402 g/mol. The smallest absolute Gasteiger partial charge is 0.179 e. The Morgan fingerprint density at radius 3 is 2.90 bits per heavy atom. The van der Waals surface area contributed by atoms with Crippen molar-refractivity contribution in [3.8, 4) is 11.5 Å². The Kier molecular flexibility index (Phi) is 6.03. The molecule has 2 aromatic heterocycles. The van der Waals surface area contributed by atoms with Gasteiger partial charge in [0.2, 0.25) is 0 Å². The van der Waals surface area contributed by atoms with Crippen LogP contribution in [-0.4, -0.2) is 35.2 Å². The minimum absolute atomic E-state index is 0.607. The zero-order valence-corrected chi connectivity index (χ0v) is 14.1. The predicted octanol–water partition coefficient (Wildman–Crippen LogP) is 2.80. The minimum Gasteiger partial charge on any atom is -0.383 e. The van der Waals surface area contributed by atoms with Gasteiger partial charge in [0, 0.05) is 41.5 Å². The van der Waals surface area contributed by atoms with Crippen LogP contribution in [-0.2, 0) is 11.3 Å². The normalized spacial score (nSPS) is 10.8. The molecule has 0 saturated carbocycles. The molecule has 2 rings (SSSR count). The predicted molar refractivity (Wildman–Crippen MR) is 84.2 cm³/mol. The van der Waals surface area contributed by atoms with Crippen LogP contribution < -0.4 is 5.32 Å².